The van der Waals surface area contributed by atoms with Crippen LogP contribution in [0.2, 0.25) is 0 Å². The molecule has 0 atom stereocenters. The number of para-hydroxylation sites is 2. The quantitative estimate of drug-likeness (QED) is 0.362. The second kappa shape index (κ2) is 8.25. The van der Waals surface area contributed by atoms with Gasteiger partial charge in [0.2, 0.25) is 11.8 Å². The van der Waals surface area contributed by atoms with Crippen LogP contribution >= 0.6 is 22.7 Å². The Hall–Kier alpha value is -3.62. The van der Waals surface area contributed by atoms with Crippen molar-refractivity contribution in [1.29, 1.82) is 0 Å². The van der Waals surface area contributed by atoms with Crippen LogP contribution < -0.4 is 10.6 Å². The topological polar surface area (TPSA) is 84.0 Å². The van der Waals surface area contributed by atoms with Gasteiger partial charge >= 0.3 is 0 Å². The maximum absolute atomic E-state index is 13.2. The van der Waals surface area contributed by atoms with E-state index in [2.05, 4.69) is 20.6 Å². The standard InChI is InChI=1S/C23H16N4O2S2/c28-20(26-22-24-15-10-4-6-12-17(15)30-22)19(14-8-2-1-3-9-14)21(29)27-23-25-16-11-5-7-13-18(16)31-23/h1-13,19H,(H,24,26,28)(H,25,27,29). The van der Waals surface area contributed by atoms with Crippen LogP contribution in [0.25, 0.3) is 20.4 Å². The maximum atomic E-state index is 13.2. The van der Waals surface area contributed by atoms with Gasteiger partial charge in [-0.2, -0.15) is 0 Å². The molecule has 5 aromatic rings. The molecule has 6 nitrogen and oxygen atoms in total. The van der Waals surface area contributed by atoms with Gasteiger partial charge in [-0.3, -0.25) is 9.59 Å². The molecule has 0 aliphatic rings. The molecule has 3 aromatic carbocycles. The summed E-state index contributed by atoms with van der Waals surface area (Å²) in [6.45, 7) is 0. The van der Waals surface area contributed by atoms with Gasteiger partial charge in [-0.15, -0.1) is 0 Å². The Morgan fingerprint density at radius 1 is 0.645 bits per heavy atom. The molecule has 0 bridgehead atoms. The van der Waals surface area contributed by atoms with Crippen molar-refractivity contribution in [2.45, 2.75) is 5.92 Å². The highest BCUT2D eigenvalue weighted by atomic mass is 32.1. The van der Waals surface area contributed by atoms with Gasteiger partial charge in [-0.25, -0.2) is 9.97 Å². The van der Waals surface area contributed by atoms with E-state index in [1.807, 2.05) is 54.6 Å². The Morgan fingerprint density at radius 2 is 1.10 bits per heavy atom. The Kier molecular flexibility index (Phi) is 5.15. The van der Waals surface area contributed by atoms with Gasteiger partial charge in [-0.1, -0.05) is 77.3 Å². The molecule has 0 saturated carbocycles. The average Bonchev–Trinajstić information content (AvgIpc) is 3.37. The minimum absolute atomic E-state index is 0.441. The fourth-order valence-electron chi connectivity index (χ4n) is 3.27. The largest absolute Gasteiger partial charge is 0.301 e. The maximum Gasteiger partial charge on any atom is 0.243 e. The number of fused-ring (bicyclic) bond motifs is 2. The number of hydrogen-bond donors (Lipinski definition) is 2. The Labute approximate surface area is 185 Å². The van der Waals surface area contributed by atoms with Crippen molar-refractivity contribution in [3.05, 3.63) is 84.4 Å². The summed E-state index contributed by atoms with van der Waals surface area (Å²) in [4.78, 5) is 35.2. The molecule has 0 fully saturated rings. The second-order valence-corrected chi connectivity index (χ2v) is 8.86. The molecular formula is C23H16N4O2S2. The van der Waals surface area contributed by atoms with Gasteiger partial charge in [0.15, 0.2) is 10.3 Å². The molecule has 2 amide bonds. The lowest BCUT2D eigenvalue weighted by Gasteiger charge is -2.15. The van der Waals surface area contributed by atoms with Crippen molar-refractivity contribution in [3.63, 3.8) is 0 Å². The van der Waals surface area contributed by atoms with Gasteiger partial charge in [0, 0.05) is 0 Å². The summed E-state index contributed by atoms with van der Waals surface area (Å²) in [6.07, 6.45) is 0. The van der Waals surface area contributed by atoms with Crippen molar-refractivity contribution in [2.75, 3.05) is 10.6 Å². The van der Waals surface area contributed by atoms with E-state index in [-0.39, 0.29) is 0 Å². The lowest BCUT2D eigenvalue weighted by Crippen LogP contribution is -2.32. The number of hydrogen-bond acceptors (Lipinski definition) is 6. The first-order chi connectivity index (χ1) is 15.2. The number of nitrogens with one attached hydrogen (secondary N) is 2. The predicted molar refractivity (Wildman–Crippen MR) is 126 cm³/mol. The lowest BCUT2D eigenvalue weighted by molar-refractivity contribution is -0.125. The molecule has 0 aliphatic heterocycles. The lowest BCUT2D eigenvalue weighted by atomic mass is 9.97. The average molecular weight is 445 g/mol. The van der Waals surface area contributed by atoms with Crippen molar-refractivity contribution in [2.24, 2.45) is 0 Å². The van der Waals surface area contributed by atoms with Crippen LogP contribution in [0.5, 0.6) is 0 Å². The van der Waals surface area contributed by atoms with Gasteiger partial charge in [0.05, 0.1) is 20.4 Å². The first-order valence-electron chi connectivity index (χ1n) is 9.55. The summed E-state index contributed by atoms with van der Waals surface area (Å²) in [5.74, 6) is -1.92. The summed E-state index contributed by atoms with van der Waals surface area (Å²) in [7, 11) is 0. The number of nitrogens with zero attached hydrogens (tertiary/aromatic N) is 2. The molecule has 0 spiro atoms. The highest BCUT2D eigenvalue weighted by molar-refractivity contribution is 7.22. The molecule has 2 N–H and O–H groups in total. The van der Waals surface area contributed by atoms with E-state index in [9.17, 15) is 9.59 Å². The zero-order valence-corrected chi connectivity index (χ0v) is 17.7. The van der Waals surface area contributed by atoms with Crippen molar-refractivity contribution in [1.82, 2.24) is 9.97 Å². The Balaban J connectivity index is 1.43. The van der Waals surface area contributed by atoms with E-state index >= 15 is 0 Å². The smallest absolute Gasteiger partial charge is 0.243 e. The number of carbonyl (C=O) groups excluding carboxylic acids is 2. The van der Waals surface area contributed by atoms with Crippen LogP contribution in [0, 0.1) is 0 Å². The molecule has 2 aromatic heterocycles. The van der Waals surface area contributed by atoms with Crippen molar-refractivity contribution in [3.8, 4) is 0 Å². The van der Waals surface area contributed by atoms with Crippen LogP contribution in [0.15, 0.2) is 78.9 Å². The number of benzene rings is 3. The first-order valence-corrected chi connectivity index (χ1v) is 11.2. The third-order valence-corrected chi connectivity index (χ3v) is 6.61. The molecule has 0 unspecified atom stereocenters. The van der Waals surface area contributed by atoms with Gasteiger partial charge in [0.1, 0.15) is 5.92 Å². The summed E-state index contributed by atoms with van der Waals surface area (Å²) in [6, 6.07) is 24.3. The number of anilines is 2. The molecule has 0 radical (unpaired) electrons. The van der Waals surface area contributed by atoms with Crippen molar-refractivity contribution < 1.29 is 9.59 Å². The number of rotatable bonds is 5. The van der Waals surface area contributed by atoms with E-state index in [4.69, 9.17) is 0 Å². The third-order valence-electron chi connectivity index (χ3n) is 4.71. The summed E-state index contributed by atoms with van der Waals surface area (Å²) < 4.78 is 1.93. The molecule has 2 heterocycles. The fraction of sp³-hybridized carbons (Fsp3) is 0.0435. The van der Waals surface area contributed by atoms with Crippen LogP contribution in [-0.2, 0) is 9.59 Å². The summed E-state index contributed by atoms with van der Waals surface area (Å²) in [5, 5.41) is 6.54. The number of amides is 2. The summed E-state index contributed by atoms with van der Waals surface area (Å²) in [5.41, 5.74) is 2.20. The number of thiazole rings is 2. The fourth-order valence-corrected chi connectivity index (χ4v) is 5.01. The highest BCUT2D eigenvalue weighted by Gasteiger charge is 2.30. The highest BCUT2D eigenvalue weighted by Crippen LogP contribution is 2.29. The molecular weight excluding hydrogens is 428 g/mol. The SMILES string of the molecule is O=C(Nc1nc2ccccc2s1)C(C(=O)Nc1nc2ccccc2s1)c1ccccc1. The number of aromatic nitrogens is 2. The minimum atomic E-state index is -1.04. The van der Waals surface area contributed by atoms with Crippen molar-refractivity contribution >= 4 is 65.2 Å². The van der Waals surface area contributed by atoms with Crippen LogP contribution in [0.3, 0.4) is 0 Å². The zero-order chi connectivity index (χ0) is 21.2. The van der Waals surface area contributed by atoms with E-state index < -0.39 is 17.7 Å². The predicted octanol–water partition coefficient (Wildman–Crippen LogP) is 5.27. The number of carbonyl (C=O) groups is 2. The van der Waals surface area contributed by atoms with E-state index in [0.717, 1.165) is 20.4 Å². The molecule has 152 valence electrons. The van der Waals surface area contributed by atoms with Gasteiger partial charge < -0.3 is 10.6 Å². The van der Waals surface area contributed by atoms with E-state index in [1.165, 1.54) is 22.7 Å². The molecule has 0 saturated heterocycles. The second-order valence-electron chi connectivity index (χ2n) is 6.80. The van der Waals surface area contributed by atoms with Gasteiger partial charge in [0.25, 0.3) is 0 Å². The molecule has 8 heteroatoms. The van der Waals surface area contributed by atoms with E-state index in [1.54, 1.807) is 24.3 Å². The molecule has 5 rings (SSSR count). The summed E-state index contributed by atoms with van der Waals surface area (Å²) >= 11 is 2.74. The first kappa shape index (κ1) is 19.3. The third kappa shape index (κ3) is 4.03. The molecule has 31 heavy (non-hydrogen) atoms. The monoisotopic (exact) mass is 444 g/mol. The Bertz CT molecular complexity index is 1240. The van der Waals surface area contributed by atoms with Crippen LogP contribution in [-0.4, -0.2) is 21.8 Å². The van der Waals surface area contributed by atoms with Crippen LogP contribution in [0.4, 0.5) is 10.3 Å². The van der Waals surface area contributed by atoms with E-state index in [0.29, 0.717) is 15.8 Å². The van der Waals surface area contributed by atoms with Crippen LogP contribution in [0.1, 0.15) is 11.5 Å². The zero-order valence-electron chi connectivity index (χ0n) is 16.1. The van der Waals surface area contributed by atoms with Gasteiger partial charge in [-0.05, 0) is 29.8 Å². The normalized spacial score (nSPS) is 11.1. The minimum Gasteiger partial charge on any atom is -0.301 e. The molecule has 0 aliphatic carbocycles. The Morgan fingerprint density at radius 3 is 1.58 bits per heavy atom.